The molecular weight excluding hydrogens is 630 g/mol. The number of ether oxygens (including phenoxy) is 2. The van der Waals surface area contributed by atoms with E-state index < -0.39 is 66.1 Å². The number of esters is 1. The number of anilines is 1. The number of aliphatic hydroxyl groups is 1. The minimum absolute atomic E-state index is 0.102. The number of allylic oxidation sites excluding steroid dienone is 1. The molecular formula is C30H37BrClN3O7. The van der Waals surface area contributed by atoms with Gasteiger partial charge in [-0.25, -0.2) is 0 Å². The van der Waals surface area contributed by atoms with Crippen LogP contribution in [-0.4, -0.2) is 88.1 Å². The Kier molecular flexibility index (Phi) is 10.2. The molecule has 3 aliphatic heterocycles. The van der Waals surface area contributed by atoms with Gasteiger partial charge in [-0.05, 0) is 38.8 Å². The van der Waals surface area contributed by atoms with Gasteiger partial charge in [-0.3, -0.25) is 19.2 Å². The Morgan fingerprint density at radius 2 is 2.02 bits per heavy atom. The first kappa shape index (κ1) is 32.2. The minimum atomic E-state index is -1.34. The predicted octanol–water partition coefficient (Wildman–Crippen LogP) is 3.00. The number of alkyl halides is 1. The number of nitrogens with zero attached hydrogens (tertiary/aromatic N) is 2. The average Bonchev–Trinajstić information content (AvgIpc) is 3.56. The molecule has 3 fully saturated rings. The highest BCUT2D eigenvalue weighted by Gasteiger charge is 2.77. The van der Waals surface area contributed by atoms with Crippen LogP contribution in [0, 0.1) is 11.8 Å². The van der Waals surface area contributed by atoms with Gasteiger partial charge in [0.05, 0.1) is 47.8 Å². The lowest BCUT2D eigenvalue weighted by atomic mass is 9.70. The number of amides is 3. The zero-order chi connectivity index (χ0) is 30.8. The monoisotopic (exact) mass is 665 g/mol. The first-order chi connectivity index (χ1) is 20.0. The molecule has 3 saturated heterocycles. The second-order valence-corrected chi connectivity index (χ2v) is 12.6. The molecule has 1 aromatic rings. The van der Waals surface area contributed by atoms with Crippen LogP contribution in [0.15, 0.2) is 49.6 Å². The molecule has 1 spiro atoms. The summed E-state index contributed by atoms with van der Waals surface area (Å²) >= 11 is 10.1. The van der Waals surface area contributed by atoms with E-state index in [1.807, 2.05) is 0 Å². The molecule has 0 saturated carbocycles. The van der Waals surface area contributed by atoms with Gasteiger partial charge in [0, 0.05) is 17.8 Å². The van der Waals surface area contributed by atoms with Crippen molar-refractivity contribution in [1.82, 2.24) is 10.2 Å². The van der Waals surface area contributed by atoms with Gasteiger partial charge in [0.25, 0.3) is 5.91 Å². The van der Waals surface area contributed by atoms with E-state index in [4.69, 9.17) is 21.1 Å². The van der Waals surface area contributed by atoms with E-state index in [0.717, 1.165) is 0 Å². The van der Waals surface area contributed by atoms with Crippen molar-refractivity contribution in [2.45, 2.75) is 67.8 Å². The van der Waals surface area contributed by atoms with Crippen molar-refractivity contribution in [2.24, 2.45) is 11.8 Å². The van der Waals surface area contributed by atoms with Crippen molar-refractivity contribution in [3.05, 3.63) is 54.6 Å². The van der Waals surface area contributed by atoms with E-state index in [0.29, 0.717) is 23.6 Å². The molecule has 3 heterocycles. The van der Waals surface area contributed by atoms with Crippen molar-refractivity contribution >= 4 is 56.9 Å². The van der Waals surface area contributed by atoms with Crippen LogP contribution in [0.5, 0.6) is 0 Å². The summed E-state index contributed by atoms with van der Waals surface area (Å²) in [7, 11) is 0. The number of hydrogen-bond acceptors (Lipinski definition) is 7. The Hall–Kier alpha value is -2.73. The van der Waals surface area contributed by atoms with Crippen LogP contribution in [0.2, 0.25) is 5.02 Å². The standard InChI is InChI=1S/C30H37BrClN3O7/c1-5-7-12-22(37)33-15-18(4)41-29(40)23-24-27(38)35(17(3)16-36)26(30(24)14-19(31)25(23)42-30)28(39)34(13-6-2)21-11-9-8-10-20(21)32/h5-6,8-11,17-19,23-26,36H,1-2,7,12-16H2,3-4H3,(H,33,37)/t17-,18+,19?,23-,24+,25-,26-,30+/m1/s1. The fourth-order valence-corrected chi connectivity index (χ4v) is 7.51. The molecule has 0 aromatic heterocycles. The van der Waals surface area contributed by atoms with Crippen LogP contribution in [0.4, 0.5) is 5.69 Å². The fraction of sp³-hybridized carbons (Fsp3) is 0.533. The molecule has 3 amide bonds. The lowest BCUT2D eigenvalue weighted by Gasteiger charge is -2.38. The zero-order valence-electron chi connectivity index (χ0n) is 23.7. The van der Waals surface area contributed by atoms with Crippen LogP contribution >= 0.6 is 27.5 Å². The number of fused-ring (bicyclic) bond motifs is 1. The van der Waals surface area contributed by atoms with Crippen molar-refractivity contribution in [1.29, 1.82) is 0 Å². The quantitative estimate of drug-likeness (QED) is 0.188. The molecule has 10 nitrogen and oxygen atoms in total. The van der Waals surface area contributed by atoms with Crippen molar-refractivity contribution < 1.29 is 33.8 Å². The van der Waals surface area contributed by atoms with E-state index in [2.05, 4.69) is 34.4 Å². The number of likely N-dealkylation sites (tertiary alicyclic amines) is 1. The van der Waals surface area contributed by atoms with Crippen molar-refractivity contribution in [2.75, 3.05) is 24.6 Å². The second kappa shape index (κ2) is 13.3. The van der Waals surface area contributed by atoms with Gasteiger partial charge in [0.15, 0.2) is 0 Å². The Bertz CT molecular complexity index is 1250. The van der Waals surface area contributed by atoms with E-state index in [1.165, 1.54) is 9.80 Å². The number of benzene rings is 1. The lowest BCUT2D eigenvalue weighted by molar-refractivity contribution is -0.159. The second-order valence-electron chi connectivity index (χ2n) is 11.0. The highest BCUT2D eigenvalue weighted by molar-refractivity contribution is 9.09. The molecule has 1 aromatic carbocycles. The van der Waals surface area contributed by atoms with Crippen LogP contribution in [0.25, 0.3) is 0 Å². The fourth-order valence-electron chi connectivity index (χ4n) is 6.33. The summed E-state index contributed by atoms with van der Waals surface area (Å²) in [6, 6.07) is 4.99. The molecule has 2 N–H and O–H groups in total. The molecule has 0 radical (unpaired) electrons. The van der Waals surface area contributed by atoms with E-state index in [9.17, 15) is 24.3 Å². The van der Waals surface area contributed by atoms with Gasteiger partial charge in [0.1, 0.15) is 17.7 Å². The summed E-state index contributed by atoms with van der Waals surface area (Å²) in [5.41, 5.74) is -0.904. The normalized spacial score (nSPS) is 29.0. The predicted molar refractivity (Wildman–Crippen MR) is 161 cm³/mol. The van der Waals surface area contributed by atoms with Crippen LogP contribution in [0.1, 0.15) is 33.1 Å². The van der Waals surface area contributed by atoms with Crippen LogP contribution in [0.3, 0.4) is 0 Å². The molecule has 2 bridgehead atoms. The largest absolute Gasteiger partial charge is 0.460 e. The molecule has 4 rings (SSSR count). The number of carbonyl (C=O) groups excluding carboxylic acids is 4. The summed E-state index contributed by atoms with van der Waals surface area (Å²) in [4.78, 5) is 56.7. The van der Waals surface area contributed by atoms with Gasteiger partial charge in [-0.15, -0.1) is 13.2 Å². The number of aliphatic hydroxyl groups excluding tert-OH is 1. The number of halogens is 2. The summed E-state index contributed by atoms with van der Waals surface area (Å²) in [5, 5.41) is 13.2. The third-order valence-electron chi connectivity index (χ3n) is 8.17. The third kappa shape index (κ3) is 5.76. The average molecular weight is 667 g/mol. The molecule has 228 valence electrons. The molecule has 12 heteroatoms. The molecule has 3 aliphatic rings. The number of para-hydroxylation sites is 1. The Morgan fingerprint density at radius 1 is 1.31 bits per heavy atom. The highest BCUT2D eigenvalue weighted by atomic mass is 79.9. The number of carbonyl (C=O) groups is 4. The number of rotatable bonds is 13. The van der Waals surface area contributed by atoms with Gasteiger partial charge >= 0.3 is 5.97 Å². The maximum atomic E-state index is 14.5. The van der Waals surface area contributed by atoms with Gasteiger partial charge in [-0.1, -0.05) is 51.8 Å². The van der Waals surface area contributed by atoms with Crippen LogP contribution < -0.4 is 10.2 Å². The summed E-state index contributed by atoms with van der Waals surface area (Å²) in [5.74, 6) is -3.74. The third-order valence-corrected chi connectivity index (χ3v) is 9.34. The highest BCUT2D eigenvalue weighted by Crippen LogP contribution is 2.60. The number of nitrogens with one attached hydrogen (secondary N) is 1. The smallest absolute Gasteiger partial charge is 0.312 e. The SMILES string of the molecule is C=CCCC(=O)NC[C@H](C)OC(=O)[C@H]1[C@@H]2O[C@@]3(CC2Br)[C@@H]1C(=O)N([C@H](C)CO)[C@@H]3C(=O)N(CC=C)c1ccccc1Cl. The Balaban J connectivity index is 1.65. The summed E-state index contributed by atoms with van der Waals surface area (Å²) in [6.07, 6.45) is 2.93. The molecule has 1 unspecified atom stereocenters. The van der Waals surface area contributed by atoms with Gasteiger partial charge in [0.2, 0.25) is 11.8 Å². The number of hydrogen-bond donors (Lipinski definition) is 2. The lowest BCUT2D eigenvalue weighted by Crippen LogP contribution is -2.58. The van der Waals surface area contributed by atoms with Crippen molar-refractivity contribution in [3.8, 4) is 0 Å². The Morgan fingerprint density at radius 3 is 2.67 bits per heavy atom. The molecule has 0 aliphatic carbocycles. The first-order valence-electron chi connectivity index (χ1n) is 14.0. The topological polar surface area (TPSA) is 125 Å². The minimum Gasteiger partial charge on any atom is -0.460 e. The van der Waals surface area contributed by atoms with Gasteiger partial charge in [-0.2, -0.15) is 0 Å². The van der Waals surface area contributed by atoms with E-state index >= 15 is 0 Å². The molecule has 8 atom stereocenters. The Labute approximate surface area is 259 Å². The zero-order valence-corrected chi connectivity index (χ0v) is 26.1. The van der Waals surface area contributed by atoms with Crippen molar-refractivity contribution in [3.63, 3.8) is 0 Å². The first-order valence-corrected chi connectivity index (χ1v) is 15.3. The van der Waals surface area contributed by atoms with Crippen LogP contribution in [-0.2, 0) is 28.7 Å². The molecule has 42 heavy (non-hydrogen) atoms. The maximum absolute atomic E-state index is 14.5. The summed E-state index contributed by atoms with van der Waals surface area (Å²) < 4.78 is 12.2. The van der Waals surface area contributed by atoms with E-state index in [1.54, 1.807) is 50.3 Å². The van der Waals surface area contributed by atoms with Gasteiger partial charge < -0.3 is 29.7 Å². The van der Waals surface area contributed by atoms with E-state index in [-0.39, 0.29) is 30.2 Å². The maximum Gasteiger partial charge on any atom is 0.312 e. The summed E-state index contributed by atoms with van der Waals surface area (Å²) in [6.45, 7) is 10.5.